The molecule has 3 aromatic rings. The molecular weight excluding hydrogens is 293 g/mol. The van der Waals surface area contributed by atoms with Gasteiger partial charge in [-0.15, -0.1) is 0 Å². The minimum Gasteiger partial charge on any atom is -0.306 e. The Labute approximate surface area is 127 Å². The van der Waals surface area contributed by atoms with E-state index in [9.17, 15) is 0 Å². The lowest BCUT2D eigenvalue weighted by Crippen LogP contribution is -2.00. The monoisotopic (exact) mass is 305 g/mol. The highest BCUT2D eigenvalue weighted by atomic mass is 35.5. The van der Waals surface area contributed by atoms with Crippen molar-refractivity contribution in [3.8, 4) is 5.69 Å². The smallest absolute Gasteiger partial charge is 0.0991 e. The van der Waals surface area contributed by atoms with Crippen molar-refractivity contribution in [3.63, 3.8) is 0 Å². The second-order valence-corrected chi connectivity index (χ2v) is 5.73. The van der Waals surface area contributed by atoms with Crippen molar-refractivity contribution in [2.24, 2.45) is 0 Å². The van der Waals surface area contributed by atoms with Crippen molar-refractivity contribution in [3.05, 3.63) is 52.7 Å². The van der Waals surface area contributed by atoms with Gasteiger partial charge in [-0.2, -0.15) is 0 Å². The topological polar surface area (TPSA) is 30.7 Å². The molecular formula is C15H13Cl2N3. The maximum Gasteiger partial charge on any atom is 0.0991 e. The number of aromatic nitrogens is 3. The van der Waals surface area contributed by atoms with Gasteiger partial charge in [0, 0.05) is 23.5 Å². The largest absolute Gasteiger partial charge is 0.306 e. The molecule has 0 N–H and O–H groups in total. The first-order valence-electron chi connectivity index (χ1n) is 6.35. The zero-order chi connectivity index (χ0) is 14.3. The molecule has 3 nitrogen and oxygen atoms in total. The van der Waals surface area contributed by atoms with Gasteiger partial charge in [0.2, 0.25) is 0 Å². The van der Waals surface area contributed by atoms with Gasteiger partial charge >= 0.3 is 0 Å². The van der Waals surface area contributed by atoms with E-state index in [1.807, 2.05) is 16.8 Å². The summed E-state index contributed by atoms with van der Waals surface area (Å²) in [5, 5.41) is 1.97. The SMILES string of the molecule is CC(C)c1cc(-n2ccnc2)c2ccc(Cl)c(Cl)c2n1. The minimum absolute atomic E-state index is 0.303. The van der Waals surface area contributed by atoms with Crippen LogP contribution in [-0.2, 0) is 0 Å². The molecule has 0 unspecified atom stereocenters. The summed E-state index contributed by atoms with van der Waals surface area (Å²) in [6.45, 7) is 4.20. The molecule has 0 amide bonds. The molecule has 102 valence electrons. The highest BCUT2D eigenvalue weighted by molar-refractivity contribution is 6.45. The number of pyridine rings is 1. The normalized spacial score (nSPS) is 11.4. The zero-order valence-electron chi connectivity index (χ0n) is 11.1. The number of fused-ring (bicyclic) bond motifs is 1. The molecule has 1 aromatic carbocycles. The number of imidazole rings is 1. The van der Waals surface area contributed by atoms with E-state index in [-0.39, 0.29) is 0 Å². The second-order valence-electron chi connectivity index (χ2n) is 4.95. The van der Waals surface area contributed by atoms with Crippen molar-refractivity contribution in [1.82, 2.24) is 14.5 Å². The molecule has 0 spiro atoms. The fourth-order valence-corrected chi connectivity index (χ4v) is 2.51. The van der Waals surface area contributed by atoms with Gasteiger partial charge < -0.3 is 4.57 Å². The molecule has 0 aliphatic carbocycles. The van der Waals surface area contributed by atoms with Crippen LogP contribution in [0.4, 0.5) is 0 Å². The van der Waals surface area contributed by atoms with Crippen LogP contribution in [0.2, 0.25) is 10.0 Å². The Bertz CT molecular complexity index is 764. The van der Waals surface area contributed by atoms with E-state index < -0.39 is 0 Å². The summed E-state index contributed by atoms with van der Waals surface area (Å²) in [7, 11) is 0. The van der Waals surface area contributed by atoms with E-state index in [0.29, 0.717) is 16.0 Å². The molecule has 3 rings (SSSR count). The number of nitrogens with zero attached hydrogens (tertiary/aromatic N) is 3. The summed E-state index contributed by atoms with van der Waals surface area (Å²) in [6.07, 6.45) is 5.42. The summed E-state index contributed by atoms with van der Waals surface area (Å²) >= 11 is 12.4. The van der Waals surface area contributed by atoms with E-state index >= 15 is 0 Å². The van der Waals surface area contributed by atoms with Crippen LogP contribution in [0, 0.1) is 0 Å². The molecule has 0 saturated heterocycles. The van der Waals surface area contributed by atoms with Crippen LogP contribution in [-0.4, -0.2) is 14.5 Å². The second kappa shape index (κ2) is 5.08. The van der Waals surface area contributed by atoms with Gasteiger partial charge in [-0.05, 0) is 24.1 Å². The Morgan fingerprint density at radius 3 is 2.65 bits per heavy atom. The molecule has 0 saturated carbocycles. The first-order valence-corrected chi connectivity index (χ1v) is 7.10. The average molecular weight is 306 g/mol. The Balaban J connectivity index is 2.41. The summed E-state index contributed by atoms with van der Waals surface area (Å²) in [5.74, 6) is 0.303. The Hall–Kier alpha value is -1.58. The van der Waals surface area contributed by atoms with E-state index in [2.05, 4.69) is 29.9 Å². The molecule has 0 aliphatic heterocycles. The van der Waals surface area contributed by atoms with Crippen LogP contribution in [0.3, 0.4) is 0 Å². The Morgan fingerprint density at radius 1 is 1.20 bits per heavy atom. The molecule has 0 bridgehead atoms. The summed E-state index contributed by atoms with van der Waals surface area (Å²) in [5.41, 5.74) is 2.72. The van der Waals surface area contributed by atoms with E-state index in [1.165, 1.54) is 0 Å². The van der Waals surface area contributed by atoms with Gasteiger partial charge in [0.05, 0.1) is 27.6 Å². The number of halogens is 2. The fraction of sp³-hybridized carbons (Fsp3) is 0.200. The van der Waals surface area contributed by atoms with Crippen LogP contribution in [0.5, 0.6) is 0 Å². The van der Waals surface area contributed by atoms with Crippen LogP contribution >= 0.6 is 23.2 Å². The van der Waals surface area contributed by atoms with Gasteiger partial charge in [0.25, 0.3) is 0 Å². The highest BCUT2D eigenvalue weighted by Crippen LogP contribution is 2.34. The maximum absolute atomic E-state index is 6.32. The predicted molar refractivity (Wildman–Crippen MR) is 83.0 cm³/mol. The molecule has 20 heavy (non-hydrogen) atoms. The lowest BCUT2D eigenvalue weighted by Gasteiger charge is -2.13. The van der Waals surface area contributed by atoms with Crippen LogP contribution in [0.15, 0.2) is 36.9 Å². The van der Waals surface area contributed by atoms with Crippen molar-refractivity contribution in [2.75, 3.05) is 0 Å². The van der Waals surface area contributed by atoms with Crippen molar-refractivity contribution < 1.29 is 0 Å². The zero-order valence-corrected chi connectivity index (χ0v) is 12.7. The molecule has 5 heteroatoms. The number of hydrogen-bond donors (Lipinski definition) is 0. The molecule has 0 atom stereocenters. The van der Waals surface area contributed by atoms with E-state index in [0.717, 1.165) is 22.3 Å². The number of hydrogen-bond acceptors (Lipinski definition) is 2. The van der Waals surface area contributed by atoms with Crippen molar-refractivity contribution in [1.29, 1.82) is 0 Å². The third-order valence-electron chi connectivity index (χ3n) is 3.24. The molecule has 0 radical (unpaired) electrons. The van der Waals surface area contributed by atoms with Crippen LogP contribution in [0.1, 0.15) is 25.5 Å². The Kier molecular flexibility index (Phi) is 3.40. The summed E-state index contributed by atoms with van der Waals surface area (Å²) < 4.78 is 1.96. The lowest BCUT2D eigenvalue weighted by atomic mass is 10.1. The van der Waals surface area contributed by atoms with Gasteiger partial charge in [-0.3, -0.25) is 4.98 Å². The first kappa shape index (κ1) is 13.4. The minimum atomic E-state index is 0.303. The summed E-state index contributed by atoms with van der Waals surface area (Å²) in [6, 6.07) is 5.80. The lowest BCUT2D eigenvalue weighted by molar-refractivity contribution is 0.826. The number of rotatable bonds is 2. The van der Waals surface area contributed by atoms with Gasteiger partial charge in [0.1, 0.15) is 0 Å². The summed E-state index contributed by atoms with van der Waals surface area (Å²) in [4.78, 5) is 8.76. The van der Waals surface area contributed by atoms with Crippen LogP contribution < -0.4 is 0 Å². The first-order chi connectivity index (χ1) is 9.58. The van der Waals surface area contributed by atoms with Crippen molar-refractivity contribution >= 4 is 34.1 Å². The van der Waals surface area contributed by atoms with E-state index in [1.54, 1.807) is 18.6 Å². The third kappa shape index (κ3) is 2.17. The molecule has 0 fully saturated rings. The standard InChI is InChI=1S/C15H13Cl2N3/c1-9(2)12-7-13(20-6-5-18-8-20)10-3-4-11(16)14(17)15(10)19-12/h3-9H,1-2H3. The quantitative estimate of drug-likeness (QED) is 0.677. The van der Waals surface area contributed by atoms with Gasteiger partial charge in [0.15, 0.2) is 0 Å². The number of benzene rings is 1. The van der Waals surface area contributed by atoms with Crippen LogP contribution in [0.25, 0.3) is 16.6 Å². The molecule has 0 aliphatic rings. The van der Waals surface area contributed by atoms with Crippen molar-refractivity contribution in [2.45, 2.75) is 19.8 Å². The fourth-order valence-electron chi connectivity index (χ4n) is 2.15. The predicted octanol–water partition coefficient (Wildman–Crippen LogP) is 4.85. The third-order valence-corrected chi connectivity index (χ3v) is 4.04. The maximum atomic E-state index is 6.32. The average Bonchev–Trinajstić information content (AvgIpc) is 2.95. The van der Waals surface area contributed by atoms with E-state index in [4.69, 9.17) is 23.2 Å². The molecule has 2 aromatic heterocycles. The highest BCUT2D eigenvalue weighted by Gasteiger charge is 2.13. The molecule has 2 heterocycles. The van der Waals surface area contributed by atoms with Gasteiger partial charge in [-0.25, -0.2) is 4.98 Å². The Morgan fingerprint density at radius 2 is 2.00 bits per heavy atom. The van der Waals surface area contributed by atoms with Gasteiger partial charge in [-0.1, -0.05) is 37.0 Å².